The first-order valence-corrected chi connectivity index (χ1v) is 8.27. The number of hydrogen-bond acceptors (Lipinski definition) is 4. The number of alkyl halides is 6. The van der Waals surface area contributed by atoms with Crippen molar-refractivity contribution in [3.8, 4) is 11.6 Å². The number of halogens is 9. The Bertz CT molecular complexity index is 1220. The molecule has 2 aromatic heterocycles. The van der Waals surface area contributed by atoms with Crippen LogP contribution in [0.25, 0.3) is 5.69 Å². The topological polar surface area (TPSA) is 68.0 Å². The average Bonchev–Trinajstić information content (AvgIpc) is 2.97. The van der Waals surface area contributed by atoms with Crippen molar-refractivity contribution in [3.63, 3.8) is 0 Å². The van der Waals surface area contributed by atoms with E-state index in [1.54, 1.807) is 0 Å². The van der Waals surface area contributed by atoms with Crippen molar-refractivity contribution in [2.45, 2.75) is 19.3 Å². The maximum atomic E-state index is 14.3. The summed E-state index contributed by atoms with van der Waals surface area (Å²) >= 11 is 0. The predicted molar refractivity (Wildman–Crippen MR) is 87.5 cm³/mol. The molecule has 1 radical (unpaired) electrons. The van der Waals surface area contributed by atoms with Gasteiger partial charge < -0.3 is 5.11 Å². The van der Waals surface area contributed by atoms with Crippen molar-refractivity contribution in [2.75, 3.05) is 0 Å². The van der Waals surface area contributed by atoms with E-state index in [1.807, 2.05) is 0 Å². The Labute approximate surface area is 188 Å². The Kier molecular flexibility index (Phi) is 6.91. The zero-order valence-electron chi connectivity index (χ0n) is 15.8. The molecule has 1 N–H and O–H groups in total. The van der Waals surface area contributed by atoms with Gasteiger partial charge in [0, 0.05) is 22.6 Å². The summed E-state index contributed by atoms with van der Waals surface area (Å²) in [5, 5.41) is 13.6. The van der Waals surface area contributed by atoms with E-state index in [-0.39, 0.29) is 21.8 Å². The van der Waals surface area contributed by atoms with Gasteiger partial charge in [0.1, 0.15) is 11.3 Å². The number of benzene rings is 1. The van der Waals surface area contributed by atoms with E-state index in [0.717, 1.165) is 19.1 Å². The van der Waals surface area contributed by atoms with Crippen molar-refractivity contribution in [1.29, 1.82) is 0 Å². The molecule has 0 aliphatic carbocycles. The van der Waals surface area contributed by atoms with E-state index in [9.17, 15) is 49.4 Å². The largest absolute Gasteiger partial charge is 0.493 e. The third kappa shape index (κ3) is 4.69. The van der Waals surface area contributed by atoms with Crippen LogP contribution in [0.2, 0.25) is 0 Å². The number of aromatic nitrogens is 3. The zero-order valence-corrected chi connectivity index (χ0v) is 17.0. The van der Waals surface area contributed by atoms with Gasteiger partial charge in [0.05, 0.1) is 11.3 Å². The average molecular weight is 524 g/mol. The molecule has 0 fully saturated rings. The van der Waals surface area contributed by atoms with Crippen LogP contribution in [0.5, 0.6) is 5.88 Å². The number of carbonyl (C=O) groups is 1. The van der Waals surface area contributed by atoms with E-state index >= 15 is 0 Å². The normalized spacial score (nSPS) is 11.9. The Hall–Kier alpha value is -3.06. The number of aromatic hydroxyl groups is 1. The first kappa shape index (κ1) is 26.2. The van der Waals surface area contributed by atoms with Crippen LogP contribution in [0, 0.1) is 24.5 Å². The molecule has 0 atom stereocenters. The Morgan fingerprint density at radius 2 is 1.48 bits per heavy atom. The van der Waals surface area contributed by atoms with Crippen LogP contribution in [0.15, 0.2) is 24.3 Å². The van der Waals surface area contributed by atoms with Gasteiger partial charge in [-0.3, -0.25) is 4.79 Å². The molecule has 0 aliphatic rings. The van der Waals surface area contributed by atoms with Crippen LogP contribution in [0.3, 0.4) is 0 Å². The smallest absolute Gasteiger partial charge is 0.436 e. The summed E-state index contributed by atoms with van der Waals surface area (Å²) in [4.78, 5) is 14.8. The Balaban J connectivity index is 0.00000385. The molecule has 0 aliphatic heterocycles. The van der Waals surface area contributed by atoms with Gasteiger partial charge in [0.15, 0.2) is 17.3 Å². The van der Waals surface area contributed by atoms with E-state index in [1.165, 1.54) is 0 Å². The monoisotopic (exact) mass is 524 g/mol. The minimum Gasteiger partial charge on any atom is -0.493 e. The van der Waals surface area contributed by atoms with Crippen molar-refractivity contribution in [1.82, 2.24) is 14.8 Å². The number of pyridine rings is 1. The van der Waals surface area contributed by atoms with Crippen LogP contribution in [-0.4, -0.2) is 25.7 Å². The van der Waals surface area contributed by atoms with E-state index in [0.29, 0.717) is 12.1 Å². The fourth-order valence-electron chi connectivity index (χ4n) is 2.77. The molecule has 5 nitrogen and oxygen atoms in total. The first-order valence-electron chi connectivity index (χ1n) is 8.27. The van der Waals surface area contributed by atoms with Gasteiger partial charge >= 0.3 is 12.4 Å². The summed E-state index contributed by atoms with van der Waals surface area (Å²) < 4.78 is 119. The van der Waals surface area contributed by atoms with E-state index in [4.69, 9.17) is 0 Å². The molecular formula is C18H8F9MnN3O2. The molecule has 177 valence electrons. The number of rotatable bonds is 3. The second kappa shape index (κ2) is 8.71. The first-order chi connectivity index (χ1) is 14.6. The molecule has 0 bridgehead atoms. The van der Waals surface area contributed by atoms with Crippen LogP contribution >= 0.6 is 0 Å². The summed E-state index contributed by atoms with van der Waals surface area (Å²) in [6, 6.07) is 2.60. The van der Waals surface area contributed by atoms with Crippen LogP contribution in [-0.2, 0) is 29.4 Å². The molecule has 0 unspecified atom stereocenters. The second-order valence-electron chi connectivity index (χ2n) is 6.33. The number of hydrogen-bond donors (Lipinski definition) is 1. The fourth-order valence-corrected chi connectivity index (χ4v) is 2.77. The van der Waals surface area contributed by atoms with Gasteiger partial charge in [-0.15, -0.1) is 0 Å². The van der Waals surface area contributed by atoms with Crippen molar-refractivity contribution in [3.05, 3.63) is 69.9 Å². The number of ketones is 1. The summed E-state index contributed by atoms with van der Waals surface area (Å²) in [5.74, 6) is -9.53. The van der Waals surface area contributed by atoms with Crippen LogP contribution < -0.4 is 0 Å². The third-order valence-corrected chi connectivity index (χ3v) is 4.23. The van der Waals surface area contributed by atoms with Crippen molar-refractivity contribution < 1.29 is 66.5 Å². The fraction of sp³-hybridized carbons (Fsp3) is 0.167. The summed E-state index contributed by atoms with van der Waals surface area (Å²) in [6.07, 6.45) is -10.2. The van der Waals surface area contributed by atoms with Gasteiger partial charge in [-0.1, -0.05) is 12.1 Å². The van der Waals surface area contributed by atoms with Crippen molar-refractivity contribution >= 4 is 5.78 Å². The molecule has 3 rings (SSSR count). The summed E-state index contributed by atoms with van der Waals surface area (Å²) in [6.45, 7) is 1.02. The predicted octanol–water partition coefficient (Wildman–Crippen LogP) is 4.96. The van der Waals surface area contributed by atoms with Crippen LogP contribution in [0.4, 0.5) is 39.5 Å². The molecule has 0 spiro atoms. The third-order valence-electron chi connectivity index (χ3n) is 4.23. The number of carbonyl (C=O) groups excluding carboxylic acids is 1. The molecule has 15 heteroatoms. The van der Waals surface area contributed by atoms with Gasteiger partial charge in [-0.25, -0.2) is 9.37 Å². The minimum atomic E-state index is -5.54. The maximum Gasteiger partial charge on any atom is 0.436 e. The second-order valence-corrected chi connectivity index (χ2v) is 6.33. The SMILES string of the molecule is Cc1nn(-c2c(F)c(F)nc(C(F)(F)F)c2F)c(O)c1C(=O)c1ccc(C(F)(F)F)cc1.[Mn]. The molecule has 0 saturated heterocycles. The van der Waals surface area contributed by atoms with Gasteiger partial charge in [-0.2, -0.15) is 44.9 Å². The summed E-state index contributed by atoms with van der Waals surface area (Å²) in [5.41, 5.74) is -6.98. The maximum absolute atomic E-state index is 14.3. The minimum absolute atomic E-state index is 0. The zero-order chi connectivity index (χ0) is 24.2. The molecule has 0 amide bonds. The Morgan fingerprint density at radius 3 is 1.97 bits per heavy atom. The molecular weight excluding hydrogens is 516 g/mol. The molecule has 0 saturated carbocycles. The Morgan fingerprint density at radius 1 is 0.939 bits per heavy atom. The van der Waals surface area contributed by atoms with Gasteiger partial charge in [0.25, 0.3) is 5.95 Å². The number of nitrogens with zero attached hydrogens (tertiary/aromatic N) is 3. The van der Waals surface area contributed by atoms with E-state index < -0.39 is 75.4 Å². The summed E-state index contributed by atoms with van der Waals surface area (Å²) in [7, 11) is 0. The van der Waals surface area contributed by atoms with Gasteiger partial charge in [-0.05, 0) is 19.1 Å². The number of aryl methyl sites for hydroxylation is 1. The van der Waals surface area contributed by atoms with E-state index in [2.05, 4.69) is 10.1 Å². The molecule has 2 heterocycles. The van der Waals surface area contributed by atoms with Crippen molar-refractivity contribution in [2.24, 2.45) is 0 Å². The molecule has 1 aromatic carbocycles. The molecule has 3 aromatic rings. The van der Waals surface area contributed by atoms with Crippen LogP contribution in [0.1, 0.15) is 32.9 Å². The quantitative estimate of drug-likeness (QED) is 0.228. The molecule has 33 heavy (non-hydrogen) atoms. The standard InChI is InChI=1S/C18H8F9N3O2.Mn/c1-6-9(13(31)7-2-4-8(5-3-7)17(22,23)24)16(32)30(29-6)12-10(19)14(18(25,26)27)28-15(21)11(12)20;/h2-5,32H,1H3;. The van der Waals surface area contributed by atoms with Gasteiger partial charge in [0.2, 0.25) is 11.7 Å².